The SMILES string of the molecule is CCOC(=O)Cn1c(=NC(=O)c2ccccc2Cl)sc2cc3c(cc21)OCO3. The molecule has 1 aliphatic rings. The van der Waals surface area contributed by atoms with Crippen LogP contribution in [-0.2, 0) is 16.1 Å². The van der Waals surface area contributed by atoms with Gasteiger partial charge in [-0.15, -0.1) is 0 Å². The van der Waals surface area contributed by atoms with Gasteiger partial charge in [0, 0.05) is 12.1 Å². The van der Waals surface area contributed by atoms with Crippen LogP contribution in [0.1, 0.15) is 17.3 Å². The average molecular weight is 419 g/mol. The van der Waals surface area contributed by atoms with E-state index in [1.807, 2.05) is 6.07 Å². The van der Waals surface area contributed by atoms with Gasteiger partial charge < -0.3 is 18.8 Å². The standard InChI is InChI=1S/C19H15ClN2O5S/c1-2-25-17(23)9-22-13-7-14-15(27-10-26-14)8-16(13)28-19(22)21-18(24)11-5-3-4-6-12(11)20/h3-8H,2,9-10H2,1H3. The zero-order valence-corrected chi connectivity index (χ0v) is 16.4. The van der Waals surface area contributed by atoms with E-state index in [-0.39, 0.29) is 19.9 Å². The van der Waals surface area contributed by atoms with Gasteiger partial charge in [-0.25, -0.2) is 0 Å². The van der Waals surface area contributed by atoms with Crippen LogP contribution in [0, 0.1) is 0 Å². The van der Waals surface area contributed by atoms with Gasteiger partial charge in [-0.05, 0) is 19.1 Å². The predicted octanol–water partition coefficient (Wildman–Crippen LogP) is 3.39. The van der Waals surface area contributed by atoms with Gasteiger partial charge in [0.2, 0.25) is 6.79 Å². The second-order valence-corrected chi connectivity index (χ2v) is 7.26. The number of rotatable bonds is 4. The highest BCUT2D eigenvalue weighted by Gasteiger charge is 2.19. The summed E-state index contributed by atoms with van der Waals surface area (Å²) in [4.78, 5) is 29.3. The first-order chi connectivity index (χ1) is 13.6. The Morgan fingerprint density at radius 3 is 2.75 bits per heavy atom. The topological polar surface area (TPSA) is 79.1 Å². The summed E-state index contributed by atoms with van der Waals surface area (Å²) < 4.78 is 18.3. The first-order valence-corrected chi connectivity index (χ1v) is 9.68. The minimum absolute atomic E-state index is 0.0812. The maximum absolute atomic E-state index is 12.7. The lowest BCUT2D eigenvalue weighted by Gasteiger charge is -2.06. The van der Waals surface area contributed by atoms with Crippen LogP contribution in [-0.4, -0.2) is 29.8 Å². The van der Waals surface area contributed by atoms with Crippen LogP contribution in [0.2, 0.25) is 5.02 Å². The molecule has 7 nitrogen and oxygen atoms in total. The fraction of sp³-hybridized carbons (Fsp3) is 0.211. The van der Waals surface area contributed by atoms with Crippen molar-refractivity contribution in [1.82, 2.24) is 4.57 Å². The fourth-order valence-electron chi connectivity index (χ4n) is 2.82. The summed E-state index contributed by atoms with van der Waals surface area (Å²) in [6.07, 6.45) is 0. The predicted molar refractivity (Wildman–Crippen MR) is 104 cm³/mol. The Bertz CT molecular complexity index is 1150. The number of carbonyl (C=O) groups excluding carboxylic acids is 2. The molecule has 0 saturated heterocycles. The van der Waals surface area contributed by atoms with Crippen molar-refractivity contribution >= 4 is 45.0 Å². The molecule has 0 N–H and O–H groups in total. The number of hydrogen-bond acceptors (Lipinski definition) is 6. The van der Waals surface area contributed by atoms with Gasteiger partial charge in [-0.1, -0.05) is 35.1 Å². The molecule has 3 aromatic rings. The Hall–Kier alpha value is -2.84. The second-order valence-electron chi connectivity index (χ2n) is 5.85. The molecule has 0 radical (unpaired) electrons. The summed E-state index contributed by atoms with van der Waals surface area (Å²) in [5, 5.41) is 0.315. The van der Waals surface area contributed by atoms with Crippen LogP contribution in [0.5, 0.6) is 11.5 Å². The molecule has 1 aromatic heterocycles. The van der Waals surface area contributed by atoms with Crippen LogP contribution in [0.3, 0.4) is 0 Å². The molecule has 0 bridgehead atoms. The second kappa shape index (κ2) is 7.65. The molecule has 0 saturated carbocycles. The number of carbonyl (C=O) groups is 2. The first-order valence-electron chi connectivity index (χ1n) is 8.49. The molecule has 144 valence electrons. The Morgan fingerprint density at radius 1 is 1.25 bits per heavy atom. The number of thiazole rings is 1. The van der Waals surface area contributed by atoms with Gasteiger partial charge in [-0.3, -0.25) is 9.59 Å². The highest BCUT2D eigenvalue weighted by molar-refractivity contribution is 7.16. The number of fused-ring (bicyclic) bond motifs is 2. The molecular weight excluding hydrogens is 404 g/mol. The van der Waals surface area contributed by atoms with E-state index in [1.54, 1.807) is 41.8 Å². The summed E-state index contributed by atoms with van der Waals surface area (Å²) in [6.45, 7) is 2.06. The van der Waals surface area contributed by atoms with Crippen LogP contribution in [0.25, 0.3) is 10.2 Å². The molecule has 1 aliphatic heterocycles. The van der Waals surface area contributed by atoms with Crippen LogP contribution >= 0.6 is 22.9 Å². The van der Waals surface area contributed by atoms with E-state index in [0.717, 1.165) is 4.70 Å². The molecule has 4 rings (SSSR count). The van der Waals surface area contributed by atoms with E-state index in [1.165, 1.54) is 11.3 Å². The van der Waals surface area contributed by atoms with E-state index in [9.17, 15) is 9.59 Å². The molecule has 0 aliphatic carbocycles. The number of nitrogens with zero attached hydrogens (tertiary/aromatic N) is 2. The maximum atomic E-state index is 12.7. The van der Waals surface area contributed by atoms with Crippen molar-refractivity contribution in [1.29, 1.82) is 0 Å². The van der Waals surface area contributed by atoms with E-state index in [2.05, 4.69) is 4.99 Å². The Balaban J connectivity index is 1.85. The lowest BCUT2D eigenvalue weighted by Crippen LogP contribution is -2.23. The van der Waals surface area contributed by atoms with E-state index < -0.39 is 11.9 Å². The molecule has 0 unspecified atom stereocenters. The number of aromatic nitrogens is 1. The van der Waals surface area contributed by atoms with Crippen molar-refractivity contribution in [3.8, 4) is 11.5 Å². The third-order valence-corrected chi connectivity index (χ3v) is 5.44. The Labute approximate surface area is 168 Å². The molecular formula is C19H15ClN2O5S. The van der Waals surface area contributed by atoms with Crippen LogP contribution in [0.15, 0.2) is 41.4 Å². The fourth-order valence-corrected chi connectivity index (χ4v) is 4.07. The van der Waals surface area contributed by atoms with Gasteiger partial charge >= 0.3 is 5.97 Å². The molecule has 28 heavy (non-hydrogen) atoms. The third kappa shape index (κ3) is 3.48. The summed E-state index contributed by atoms with van der Waals surface area (Å²) in [6, 6.07) is 10.3. The van der Waals surface area contributed by atoms with Crippen molar-refractivity contribution in [3.05, 3.63) is 51.8 Å². The zero-order valence-electron chi connectivity index (χ0n) is 14.8. The van der Waals surface area contributed by atoms with Crippen molar-refractivity contribution in [2.75, 3.05) is 13.4 Å². The molecule has 0 fully saturated rings. The zero-order chi connectivity index (χ0) is 19.7. The van der Waals surface area contributed by atoms with Gasteiger partial charge in [0.05, 0.1) is 27.4 Å². The number of halogens is 1. The Morgan fingerprint density at radius 2 is 2.00 bits per heavy atom. The average Bonchev–Trinajstić information content (AvgIpc) is 3.25. The van der Waals surface area contributed by atoms with Crippen molar-refractivity contribution in [2.45, 2.75) is 13.5 Å². The first kappa shape index (κ1) is 18.5. The van der Waals surface area contributed by atoms with Gasteiger partial charge in [-0.2, -0.15) is 4.99 Å². The summed E-state index contributed by atoms with van der Waals surface area (Å²) in [5.41, 5.74) is 0.992. The molecule has 9 heteroatoms. The highest BCUT2D eigenvalue weighted by atomic mass is 35.5. The van der Waals surface area contributed by atoms with E-state index in [4.69, 9.17) is 25.8 Å². The summed E-state index contributed by atoms with van der Waals surface area (Å²) in [7, 11) is 0. The van der Waals surface area contributed by atoms with Gasteiger partial charge in [0.15, 0.2) is 16.3 Å². The summed E-state index contributed by atoms with van der Waals surface area (Å²) in [5.74, 6) is 0.272. The van der Waals surface area contributed by atoms with Gasteiger partial charge in [0.25, 0.3) is 5.91 Å². The van der Waals surface area contributed by atoms with Crippen molar-refractivity contribution < 1.29 is 23.8 Å². The van der Waals surface area contributed by atoms with Gasteiger partial charge in [0.1, 0.15) is 6.54 Å². The lowest BCUT2D eigenvalue weighted by atomic mass is 10.2. The smallest absolute Gasteiger partial charge is 0.326 e. The number of hydrogen-bond donors (Lipinski definition) is 0. The molecule has 2 heterocycles. The molecule has 1 amide bonds. The molecule has 0 atom stereocenters. The lowest BCUT2D eigenvalue weighted by molar-refractivity contribution is -0.143. The van der Waals surface area contributed by atoms with Crippen molar-refractivity contribution in [3.63, 3.8) is 0 Å². The van der Waals surface area contributed by atoms with E-state index >= 15 is 0 Å². The van der Waals surface area contributed by atoms with Crippen LogP contribution in [0.4, 0.5) is 0 Å². The Kier molecular flexibility index (Phi) is 5.06. The largest absolute Gasteiger partial charge is 0.465 e. The van der Waals surface area contributed by atoms with E-state index in [0.29, 0.717) is 32.4 Å². The quantitative estimate of drug-likeness (QED) is 0.607. The number of ether oxygens (including phenoxy) is 3. The number of benzene rings is 2. The minimum Gasteiger partial charge on any atom is -0.465 e. The molecule has 0 spiro atoms. The van der Waals surface area contributed by atoms with Crippen LogP contribution < -0.4 is 14.3 Å². The number of esters is 1. The third-order valence-electron chi connectivity index (χ3n) is 4.07. The number of amides is 1. The highest BCUT2D eigenvalue weighted by Crippen LogP contribution is 2.37. The monoisotopic (exact) mass is 418 g/mol. The normalized spacial score (nSPS) is 13.1. The maximum Gasteiger partial charge on any atom is 0.326 e. The minimum atomic E-state index is -0.491. The summed E-state index contributed by atoms with van der Waals surface area (Å²) >= 11 is 7.37. The molecule has 2 aromatic carbocycles. The van der Waals surface area contributed by atoms with Crippen molar-refractivity contribution in [2.24, 2.45) is 4.99 Å².